The number of carbonyl (C=O) groups excluding carboxylic acids is 1. The monoisotopic (exact) mass is 393 g/mol. The van der Waals surface area contributed by atoms with Gasteiger partial charge in [0.15, 0.2) is 0 Å². The van der Waals surface area contributed by atoms with Crippen LogP contribution in [0, 0.1) is 17.8 Å². The molecule has 4 aliphatic rings. The number of rotatable bonds is 3. The lowest BCUT2D eigenvalue weighted by Gasteiger charge is -2.57. The summed E-state index contributed by atoms with van der Waals surface area (Å²) in [6, 6.07) is 8.09. The Morgan fingerprint density at radius 2 is 1.92 bits per heavy atom. The second kappa shape index (κ2) is 5.55. The Balaban J connectivity index is 1.52. The minimum Gasteiger partial charge on any atom is -0.352 e. The molecule has 4 unspecified atom stereocenters. The average Bonchev–Trinajstić information content (AvgIpc) is 2.49. The fraction of sp³-hybridized carbons (Fsp3) is 0.650. The van der Waals surface area contributed by atoms with Gasteiger partial charge in [0.1, 0.15) is 5.67 Å². The first-order chi connectivity index (χ1) is 11.3. The quantitative estimate of drug-likeness (QED) is 0.787. The second-order valence-electron chi connectivity index (χ2n) is 8.76. The third kappa shape index (κ3) is 2.71. The van der Waals surface area contributed by atoms with Gasteiger partial charge in [-0.15, -0.1) is 0 Å². The molecule has 1 aromatic carbocycles. The molecular formula is C20H25BrFNO. The Kier molecular flexibility index (Phi) is 3.83. The number of benzene rings is 1. The first kappa shape index (κ1) is 16.6. The van der Waals surface area contributed by atoms with Gasteiger partial charge in [-0.05, 0) is 81.4 Å². The number of carbonyl (C=O) groups is 1. The molecular weight excluding hydrogens is 369 g/mol. The van der Waals surface area contributed by atoms with E-state index in [0.29, 0.717) is 30.6 Å². The van der Waals surface area contributed by atoms with Gasteiger partial charge in [0.05, 0.1) is 5.41 Å². The van der Waals surface area contributed by atoms with E-state index in [9.17, 15) is 9.18 Å². The normalized spacial score (nSPS) is 37.5. The highest BCUT2D eigenvalue weighted by Crippen LogP contribution is 2.57. The maximum atomic E-state index is 14.8. The molecule has 0 aliphatic heterocycles. The van der Waals surface area contributed by atoms with Gasteiger partial charge < -0.3 is 5.32 Å². The molecule has 4 aliphatic carbocycles. The zero-order chi connectivity index (χ0) is 17.1. The van der Waals surface area contributed by atoms with E-state index in [1.54, 1.807) is 0 Å². The lowest BCUT2D eigenvalue weighted by atomic mass is 9.53. The summed E-state index contributed by atoms with van der Waals surface area (Å²) in [5.41, 5.74) is -0.538. The lowest BCUT2D eigenvalue weighted by Crippen LogP contribution is -2.61. The predicted molar refractivity (Wildman–Crippen MR) is 96.5 cm³/mol. The van der Waals surface area contributed by atoms with E-state index >= 15 is 0 Å². The van der Waals surface area contributed by atoms with E-state index in [4.69, 9.17) is 0 Å². The molecule has 1 aromatic rings. The Morgan fingerprint density at radius 3 is 2.50 bits per heavy atom. The van der Waals surface area contributed by atoms with Crippen LogP contribution in [0.4, 0.5) is 4.39 Å². The van der Waals surface area contributed by atoms with Crippen LogP contribution >= 0.6 is 15.9 Å². The molecule has 2 nitrogen and oxygen atoms in total. The van der Waals surface area contributed by atoms with Crippen molar-refractivity contribution in [3.8, 4) is 0 Å². The minimum absolute atomic E-state index is 0.0611. The SMILES string of the molecule is CC(C)(C(=O)NC1C2CC3C[C@H]1CC(F)(C3)C2)c1cccc(Br)c1. The highest BCUT2D eigenvalue weighted by molar-refractivity contribution is 9.10. The van der Waals surface area contributed by atoms with Crippen LogP contribution < -0.4 is 5.32 Å². The molecule has 0 saturated heterocycles. The number of nitrogens with one attached hydrogen (secondary N) is 1. The molecule has 4 heteroatoms. The van der Waals surface area contributed by atoms with Gasteiger partial charge in [-0.3, -0.25) is 4.79 Å². The summed E-state index contributed by atoms with van der Waals surface area (Å²) < 4.78 is 15.8. The summed E-state index contributed by atoms with van der Waals surface area (Å²) in [4.78, 5) is 13.0. The van der Waals surface area contributed by atoms with Crippen molar-refractivity contribution in [2.45, 2.75) is 63.1 Å². The summed E-state index contributed by atoms with van der Waals surface area (Å²) in [5, 5.41) is 3.32. The van der Waals surface area contributed by atoms with Crippen molar-refractivity contribution in [1.82, 2.24) is 5.32 Å². The number of hydrogen-bond donors (Lipinski definition) is 1. The molecule has 4 fully saturated rings. The highest BCUT2D eigenvalue weighted by atomic mass is 79.9. The van der Waals surface area contributed by atoms with Gasteiger partial charge in [0.2, 0.25) is 5.91 Å². The van der Waals surface area contributed by atoms with Crippen molar-refractivity contribution < 1.29 is 9.18 Å². The number of halogens is 2. The van der Waals surface area contributed by atoms with Crippen LogP contribution in [0.3, 0.4) is 0 Å². The highest BCUT2D eigenvalue weighted by Gasteiger charge is 2.56. The Labute approximate surface area is 151 Å². The number of amides is 1. The van der Waals surface area contributed by atoms with E-state index in [0.717, 1.165) is 29.3 Å². The predicted octanol–water partition coefficient (Wildman–Crippen LogP) is 4.76. The average molecular weight is 394 g/mol. The molecule has 0 radical (unpaired) electrons. The fourth-order valence-electron chi connectivity index (χ4n) is 5.50. The Bertz CT molecular complexity index is 657. The zero-order valence-corrected chi connectivity index (χ0v) is 15.9. The Hall–Kier alpha value is -0.900. The van der Waals surface area contributed by atoms with Crippen molar-refractivity contribution in [2.24, 2.45) is 17.8 Å². The first-order valence-electron chi connectivity index (χ1n) is 9.03. The van der Waals surface area contributed by atoms with Crippen molar-refractivity contribution in [2.75, 3.05) is 0 Å². The van der Waals surface area contributed by atoms with Gasteiger partial charge in [0.25, 0.3) is 0 Å². The standard InChI is InChI=1S/C20H25BrFNO/c1-19(2,15-4-3-5-16(21)8-15)18(24)23-17-13-6-12-7-14(17)11-20(22,9-12)10-13/h3-5,8,12-14,17H,6-7,9-11H2,1-2H3,(H,23,24)/t12?,13-,14?,17?,20?/m0/s1. The topological polar surface area (TPSA) is 29.1 Å². The van der Waals surface area contributed by atoms with E-state index < -0.39 is 11.1 Å². The molecule has 1 N–H and O–H groups in total. The lowest BCUT2D eigenvalue weighted by molar-refractivity contribution is -0.134. The first-order valence-corrected chi connectivity index (χ1v) is 9.82. The fourth-order valence-corrected chi connectivity index (χ4v) is 5.90. The van der Waals surface area contributed by atoms with Crippen LogP contribution in [0.1, 0.15) is 51.5 Å². The summed E-state index contributed by atoms with van der Waals surface area (Å²) >= 11 is 3.49. The van der Waals surface area contributed by atoms with Crippen molar-refractivity contribution in [3.63, 3.8) is 0 Å². The third-order valence-electron chi connectivity index (χ3n) is 6.61. The molecule has 24 heavy (non-hydrogen) atoms. The van der Waals surface area contributed by atoms with Crippen molar-refractivity contribution in [1.29, 1.82) is 0 Å². The zero-order valence-electron chi connectivity index (χ0n) is 14.3. The maximum absolute atomic E-state index is 14.8. The Morgan fingerprint density at radius 1 is 1.25 bits per heavy atom. The van der Waals surface area contributed by atoms with Crippen LogP contribution in [0.5, 0.6) is 0 Å². The summed E-state index contributed by atoms with van der Waals surface area (Å²) in [6.07, 6.45) is 4.21. The van der Waals surface area contributed by atoms with Crippen LogP contribution in [0.2, 0.25) is 0 Å². The van der Waals surface area contributed by atoms with Gasteiger partial charge in [-0.25, -0.2) is 4.39 Å². The van der Waals surface area contributed by atoms with Gasteiger partial charge in [0, 0.05) is 10.5 Å². The van der Waals surface area contributed by atoms with Crippen LogP contribution in [0.25, 0.3) is 0 Å². The largest absolute Gasteiger partial charge is 0.352 e. The van der Waals surface area contributed by atoms with Gasteiger partial charge in [-0.1, -0.05) is 28.1 Å². The molecule has 0 aromatic heterocycles. The van der Waals surface area contributed by atoms with E-state index in [-0.39, 0.29) is 11.9 Å². The molecule has 130 valence electrons. The maximum Gasteiger partial charge on any atom is 0.230 e. The molecule has 4 bridgehead atoms. The minimum atomic E-state index is -0.947. The van der Waals surface area contributed by atoms with E-state index in [1.165, 1.54) is 0 Å². The van der Waals surface area contributed by atoms with Crippen molar-refractivity contribution in [3.05, 3.63) is 34.3 Å². The molecule has 0 spiro atoms. The van der Waals surface area contributed by atoms with Crippen LogP contribution in [-0.4, -0.2) is 17.6 Å². The van der Waals surface area contributed by atoms with Gasteiger partial charge >= 0.3 is 0 Å². The van der Waals surface area contributed by atoms with Crippen molar-refractivity contribution >= 4 is 21.8 Å². The number of alkyl halides is 1. The molecule has 5 atom stereocenters. The summed E-state index contributed by atoms with van der Waals surface area (Å²) in [7, 11) is 0. The third-order valence-corrected chi connectivity index (χ3v) is 7.10. The summed E-state index contributed by atoms with van der Waals surface area (Å²) in [5.74, 6) is 1.25. The smallest absolute Gasteiger partial charge is 0.230 e. The van der Waals surface area contributed by atoms with Gasteiger partial charge in [-0.2, -0.15) is 0 Å². The van der Waals surface area contributed by atoms with Crippen LogP contribution in [0.15, 0.2) is 28.7 Å². The second-order valence-corrected chi connectivity index (χ2v) is 9.67. The van der Waals surface area contributed by atoms with E-state index in [2.05, 4.69) is 21.2 Å². The number of hydrogen-bond acceptors (Lipinski definition) is 1. The van der Waals surface area contributed by atoms with Crippen LogP contribution in [-0.2, 0) is 10.2 Å². The molecule has 4 saturated carbocycles. The molecule has 5 rings (SSSR count). The molecule has 0 heterocycles. The summed E-state index contributed by atoms with van der Waals surface area (Å²) in [6.45, 7) is 3.94. The molecule has 1 amide bonds. The van der Waals surface area contributed by atoms with E-state index in [1.807, 2.05) is 38.1 Å².